The molecule has 0 saturated heterocycles. The monoisotopic (exact) mass is 207 g/mol. The van der Waals surface area contributed by atoms with Crippen LogP contribution in [0.25, 0.3) is 0 Å². The minimum atomic E-state index is 0.163. The Morgan fingerprint density at radius 3 is 2.67 bits per heavy atom. The molecular formula is C12H21N3. The van der Waals surface area contributed by atoms with Crippen molar-refractivity contribution in [2.45, 2.75) is 51.0 Å². The Bertz CT molecular complexity index is 321. The quantitative estimate of drug-likeness (QED) is 0.826. The maximum absolute atomic E-state index is 5.98. The summed E-state index contributed by atoms with van der Waals surface area (Å²) >= 11 is 0. The van der Waals surface area contributed by atoms with Crippen molar-refractivity contribution < 1.29 is 0 Å². The normalized spacial score (nSPS) is 20.0. The summed E-state index contributed by atoms with van der Waals surface area (Å²) in [6.07, 6.45) is 9.03. The molecule has 84 valence electrons. The third-order valence-electron chi connectivity index (χ3n) is 3.61. The molecule has 0 aromatic carbocycles. The van der Waals surface area contributed by atoms with Crippen molar-refractivity contribution in [3.63, 3.8) is 0 Å². The fraction of sp³-hybridized carbons (Fsp3) is 0.750. The van der Waals surface area contributed by atoms with Crippen LogP contribution in [0.2, 0.25) is 0 Å². The van der Waals surface area contributed by atoms with E-state index in [1.807, 2.05) is 6.20 Å². The first-order valence-electron chi connectivity index (χ1n) is 5.93. The second-order valence-corrected chi connectivity index (χ2v) is 4.95. The molecule has 0 bridgehead atoms. The van der Waals surface area contributed by atoms with Gasteiger partial charge in [-0.25, -0.2) is 4.98 Å². The van der Waals surface area contributed by atoms with Crippen molar-refractivity contribution in [2.75, 3.05) is 6.54 Å². The Morgan fingerprint density at radius 1 is 1.47 bits per heavy atom. The van der Waals surface area contributed by atoms with Gasteiger partial charge in [-0.3, -0.25) is 0 Å². The summed E-state index contributed by atoms with van der Waals surface area (Å²) < 4.78 is 2.34. The van der Waals surface area contributed by atoms with Crippen molar-refractivity contribution in [1.82, 2.24) is 9.55 Å². The highest BCUT2D eigenvalue weighted by atomic mass is 15.1. The molecule has 3 nitrogen and oxygen atoms in total. The molecule has 1 fully saturated rings. The summed E-state index contributed by atoms with van der Waals surface area (Å²) in [6, 6.07) is 0. The van der Waals surface area contributed by atoms with Gasteiger partial charge in [0, 0.05) is 24.9 Å². The highest BCUT2D eigenvalue weighted by molar-refractivity contribution is 5.06. The highest BCUT2D eigenvalue weighted by Gasteiger charge is 2.35. The van der Waals surface area contributed by atoms with Gasteiger partial charge in [0.25, 0.3) is 0 Å². The number of aromatic nitrogens is 2. The predicted octanol–water partition coefficient (Wildman–Crippen LogP) is 2.23. The average molecular weight is 207 g/mol. The van der Waals surface area contributed by atoms with Crippen molar-refractivity contribution in [3.05, 3.63) is 18.2 Å². The van der Waals surface area contributed by atoms with Crippen LogP contribution in [0, 0.1) is 0 Å². The van der Waals surface area contributed by atoms with E-state index < -0.39 is 0 Å². The molecule has 3 heteroatoms. The zero-order chi connectivity index (χ0) is 10.9. The molecule has 1 aliphatic rings. The number of hydrogen-bond acceptors (Lipinski definition) is 2. The number of nitrogens with two attached hydrogens (primary N) is 1. The fourth-order valence-corrected chi connectivity index (χ4v) is 2.72. The molecule has 0 unspecified atom stereocenters. The van der Waals surface area contributed by atoms with Gasteiger partial charge in [-0.2, -0.15) is 0 Å². The highest BCUT2D eigenvalue weighted by Crippen LogP contribution is 2.37. The van der Waals surface area contributed by atoms with Gasteiger partial charge in [0.15, 0.2) is 0 Å². The summed E-state index contributed by atoms with van der Waals surface area (Å²) in [6.45, 7) is 5.12. The lowest BCUT2D eigenvalue weighted by Crippen LogP contribution is -2.39. The van der Waals surface area contributed by atoms with Crippen LogP contribution in [0.15, 0.2) is 12.4 Å². The summed E-state index contributed by atoms with van der Waals surface area (Å²) in [5, 5.41) is 0. The zero-order valence-corrected chi connectivity index (χ0v) is 9.74. The van der Waals surface area contributed by atoms with E-state index in [2.05, 4.69) is 29.6 Å². The van der Waals surface area contributed by atoms with Gasteiger partial charge < -0.3 is 10.3 Å². The van der Waals surface area contributed by atoms with Crippen LogP contribution in [0.3, 0.4) is 0 Å². The molecule has 1 saturated carbocycles. The van der Waals surface area contributed by atoms with Crippen molar-refractivity contribution in [1.29, 1.82) is 0 Å². The van der Waals surface area contributed by atoms with E-state index in [1.54, 1.807) is 0 Å². The molecule has 2 N–H and O–H groups in total. The smallest absolute Gasteiger partial charge is 0.111 e. The van der Waals surface area contributed by atoms with E-state index in [4.69, 9.17) is 5.73 Å². The van der Waals surface area contributed by atoms with Crippen LogP contribution in [0.1, 0.15) is 51.3 Å². The zero-order valence-electron chi connectivity index (χ0n) is 9.74. The Kier molecular flexibility index (Phi) is 2.83. The molecule has 1 aromatic heterocycles. The van der Waals surface area contributed by atoms with Gasteiger partial charge >= 0.3 is 0 Å². The lowest BCUT2D eigenvalue weighted by Gasteiger charge is -2.31. The van der Waals surface area contributed by atoms with Crippen LogP contribution >= 0.6 is 0 Å². The third-order valence-corrected chi connectivity index (χ3v) is 3.61. The number of rotatable bonds is 3. The first-order chi connectivity index (χ1) is 7.19. The molecule has 1 aromatic rings. The van der Waals surface area contributed by atoms with Gasteiger partial charge in [0.1, 0.15) is 5.82 Å². The molecule has 0 amide bonds. The van der Waals surface area contributed by atoms with Gasteiger partial charge in [0.05, 0.1) is 5.54 Å². The lowest BCUT2D eigenvalue weighted by molar-refractivity contribution is 0.291. The Labute approximate surface area is 91.7 Å². The van der Waals surface area contributed by atoms with E-state index >= 15 is 0 Å². The van der Waals surface area contributed by atoms with Crippen LogP contribution in [0.5, 0.6) is 0 Å². The topological polar surface area (TPSA) is 43.8 Å². The SMILES string of the molecule is CC(C)c1nccn1C1(CN)CCCC1. The summed E-state index contributed by atoms with van der Waals surface area (Å²) in [5.74, 6) is 1.66. The third kappa shape index (κ3) is 1.69. The largest absolute Gasteiger partial charge is 0.328 e. The minimum absolute atomic E-state index is 0.163. The van der Waals surface area contributed by atoms with Crippen molar-refractivity contribution >= 4 is 0 Å². The maximum Gasteiger partial charge on any atom is 0.111 e. The molecule has 0 radical (unpaired) electrons. The summed E-state index contributed by atoms with van der Waals surface area (Å²) in [5.41, 5.74) is 6.14. The molecular weight excluding hydrogens is 186 g/mol. The molecule has 0 aliphatic heterocycles. The molecule has 2 rings (SSSR count). The summed E-state index contributed by atoms with van der Waals surface area (Å²) in [7, 11) is 0. The van der Waals surface area contributed by atoms with E-state index in [9.17, 15) is 0 Å². The predicted molar refractivity (Wildman–Crippen MR) is 61.8 cm³/mol. The van der Waals surface area contributed by atoms with Crippen LogP contribution in [0.4, 0.5) is 0 Å². The average Bonchev–Trinajstić information content (AvgIpc) is 2.87. The van der Waals surface area contributed by atoms with E-state index in [-0.39, 0.29) is 5.54 Å². The van der Waals surface area contributed by atoms with Crippen LogP contribution in [-0.4, -0.2) is 16.1 Å². The second-order valence-electron chi connectivity index (χ2n) is 4.95. The first-order valence-corrected chi connectivity index (χ1v) is 5.93. The second kappa shape index (κ2) is 3.97. The van der Waals surface area contributed by atoms with E-state index in [1.165, 1.54) is 31.5 Å². The van der Waals surface area contributed by atoms with Gasteiger partial charge in [-0.15, -0.1) is 0 Å². The van der Waals surface area contributed by atoms with Crippen LogP contribution in [-0.2, 0) is 5.54 Å². The first kappa shape index (κ1) is 10.7. The van der Waals surface area contributed by atoms with Crippen LogP contribution < -0.4 is 5.73 Å². The van der Waals surface area contributed by atoms with Gasteiger partial charge in [-0.05, 0) is 12.8 Å². The number of imidazole rings is 1. The van der Waals surface area contributed by atoms with Crippen molar-refractivity contribution in [2.24, 2.45) is 5.73 Å². The van der Waals surface area contributed by atoms with E-state index in [0.717, 1.165) is 6.54 Å². The Balaban J connectivity index is 2.38. The fourth-order valence-electron chi connectivity index (χ4n) is 2.72. The standard InChI is InChI=1S/C12H21N3/c1-10(2)11-14-7-8-15(11)12(9-13)5-3-4-6-12/h7-8,10H,3-6,9,13H2,1-2H3. The minimum Gasteiger partial charge on any atom is -0.328 e. The van der Waals surface area contributed by atoms with Gasteiger partial charge in [0.2, 0.25) is 0 Å². The molecule has 0 atom stereocenters. The molecule has 1 heterocycles. The number of hydrogen-bond donors (Lipinski definition) is 1. The molecule has 0 spiro atoms. The molecule has 15 heavy (non-hydrogen) atoms. The van der Waals surface area contributed by atoms with Gasteiger partial charge in [-0.1, -0.05) is 26.7 Å². The lowest BCUT2D eigenvalue weighted by atomic mass is 9.96. The molecule has 1 aliphatic carbocycles. The Hall–Kier alpha value is -0.830. The van der Waals surface area contributed by atoms with Crippen molar-refractivity contribution in [3.8, 4) is 0 Å². The number of nitrogens with zero attached hydrogens (tertiary/aromatic N) is 2. The summed E-state index contributed by atoms with van der Waals surface area (Å²) in [4.78, 5) is 4.46. The maximum atomic E-state index is 5.98. The van der Waals surface area contributed by atoms with E-state index in [0.29, 0.717) is 5.92 Å². The Morgan fingerprint density at radius 2 is 2.13 bits per heavy atom.